The molecule has 5 rings (SSSR count). The molecular formula is C25H25F2N5O3. The zero-order chi connectivity index (χ0) is 25.0. The van der Waals surface area contributed by atoms with Crippen molar-refractivity contribution in [3.63, 3.8) is 0 Å². The van der Waals surface area contributed by atoms with Crippen LogP contribution in [0.15, 0.2) is 36.7 Å². The fraction of sp³-hybridized carbons (Fsp3) is 0.400. The lowest BCUT2D eigenvalue weighted by atomic mass is 9.66. The number of amides is 1. The number of fused-ring (bicyclic) bond motifs is 5. The van der Waals surface area contributed by atoms with Crippen LogP contribution in [0.2, 0.25) is 0 Å². The van der Waals surface area contributed by atoms with Gasteiger partial charge in [-0.15, -0.1) is 5.10 Å². The number of carbonyl (C=O) groups excluding carboxylic acids is 1. The number of aliphatic hydroxyl groups is 2. The number of aromatic nitrogens is 4. The van der Waals surface area contributed by atoms with E-state index in [-0.39, 0.29) is 34.8 Å². The average Bonchev–Trinajstić information content (AvgIpc) is 3.23. The Balaban J connectivity index is 1.57. The summed E-state index contributed by atoms with van der Waals surface area (Å²) < 4.78 is 28.9. The van der Waals surface area contributed by atoms with E-state index in [1.54, 1.807) is 12.3 Å². The molecule has 0 unspecified atom stereocenters. The van der Waals surface area contributed by atoms with Gasteiger partial charge in [-0.3, -0.25) is 9.78 Å². The highest BCUT2D eigenvalue weighted by Crippen LogP contribution is 2.69. The zero-order valence-electron chi connectivity index (χ0n) is 19.3. The molecule has 1 aromatic carbocycles. The van der Waals surface area contributed by atoms with Crippen LogP contribution >= 0.6 is 0 Å². The van der Waals surface area contributed by atoms with E-state index >= 15 is 0 Å². The minimum Gasteiger partial charge on any atom is -0.394 e. The Morgan fingerprint density at radius 3 is 2.69 bits per heavy atom. The highest BCUT2D eigenvalue weighted by Gasteiger charge is 2.65. The van der Waals surface area contributed by atoms with Crippen molar-refractivity contribution in [3.05, 3.63) is 70.9 Å². The van der Waals surface area contributed by atoms with Gasteiger partial charge in [0.05, 0.1) is 47.0 Å². The third kappa shape index (κ3) is 3.42. The highest BCUT2D eigenvalue weighted by molar-refractivity contribution is 5.92. The molecule has 1 amide bonds. The molecule has 3 atom stereocenters. The lowest BCUT2D eigenvalue weighted by molar-refractivity contribution is 0.0798. The SMILES string of the molecule is CC1(C)[C@H]2CC[C@]1(c1cncc(C(=O)NC[C@@H](O)CO)n1)c1nnc(-c3c(F)cccc3F)cc12. The van der Waals surface area contributed by atoms with Crippen LogP contribution in [-0.4, -0.2) is 55.5 Å². The van der Waals surface area contributed by atoms with Crippen LogP contribution in [0.4, 0.5) is 8.78 Å². The maximum Gasteiger partial charge on any atom is 0.271 e. The number of benzene rings is 1. The molecule has 8 nitrogen and oxygen atoms in total. The molecule has 0 aliphatic heterocycles. The van der Waals surface area contributed by atoms with Gasteiger partial charge in [-0.05, 0) is 47.9 Å². The van der Waals surface area contributed by atoms with Crippen LogP contribution in [0.1, 0.15) is 60.0 Å². The van der Waals surface area contributed by atoms with E-state index in [0.29, 0.717) is 17.8 Å². The average molecular weight is 482 g/mol. The molecule has 2 bridgehead atoms. The Morgan fingerprint density at radius 2 is 1.97 bits per heavy atom. The van der Waals surface area contributed by atoms with Gasteiger partial charge in [0.1, 0.15) is 17.3 Å². The van der Waals surface area contributed by atoms with Gasteiger partial charge in [-0.25, -0.2) is 13.8 Å². The van der Waals surface area contributed by atoms with Crippen molar-refractivity contribution in [1.29, 1.82) is 0 Å². The minimum absolute atomic E-state index is 0.0561. The van der Waals surface area contributed by atoms with E-state index in [1.165, 1.54) is 24.4 Å². The molecule has 2 aliphatic carbocycles. The predicted molar refractivity (Wildman–Crippen MR) is 121 cm³/mol. The molecule has 2 aromatic heterocycles. The minimum atomic E-state index is -1.08. The van der Waals surface area contributed by atoms with Gasteiger partial charge < -0.3 is 15.5 Å². The van der Waals surface area contributed by atoms with Crippen molar-refractivity contribution in [2.24, 2.45) is 5.41 Å². The molecule has 35 heavy (non-hydrogen) atoms. The number of aliphatic hydroxyl groups excluding tert-OH is 2. The molecule has 182 valence electrons. The van der Waals surface area contributed by atoms with E-state index in [4.69, 9.17) is 5.11 Å². The summed E-state index contributed by atoms with van der Waals surface area (Å²) in [7, 11) is 0. The standard InChI is InChI=1S/C25H25F2N5O3/c1-24(2)15-6-7-25(24,20-11-28-10-19(30-20)23(35)29-9-13(34)12-33)22-14(15)8-18(31-32-22)21-16(26)4-3-5-17(21)27/h3-5,8,10-11,13,15,33-34H,6-7,9,12H2,1-2H3,(H,29,35)/t13-,15+,25+/m1/s1. The van der Waals surface area contributed by atoms with Crippen molar-refractivity contribution >= 4 is 5.91 Å². The Bertz CT molecular complexity index is 1300. The van der Waals surface area contributed by atoms with E-state index in [0.717, 1.165) is 12.0 Å². The molecule has 0 radical (unpaired) electrons. The number of rotatable bonds is 6. The number of carbonyl (C=O) groups is 1. The number of hydrogen-bond donors (Lipinski definition) is 3. The topological polar surface area (TPSA) is 121 Å². The van der Waals surface area contributed by atoms with Crippen LogP contribution in [0.3, 0.4) is 0 Å². The third-order valence-electron chi connectivity index (χ3n) is 7.61. The second kappa shape index (κ2) is 8.39. The van der Waals surface area contributed by atoms with Crippen molar-refractivity contribution in [1.82, 2.24) is 25.5 Å². The molecule has 2 aliphatic rings. The van der Waals surface area contributed by atoms with E-state index < -0.39 is 35.7 Å². The molecule has 3 N–H and O–H groups in total. The number of nitrogens with zero attached hydrogens (tertiary/aromatic N) is 4. The van der Waals surface area contributed by atoms with Crippen LogP contribution in [0.25, 0.3) is 11.3 Å². The largest absolute Gasteiger partial charge is 0.394 e. The van der Waals surface area contributed by atoms with Gasteiger partial charge in [-0.2, -0.15) is 5.10 Å². The highest BCUT2D eigenvalue weighted by atomic mass is 19.1. The summed E-state index contributed by atoms with van der Waals surface area (Å²) in [4.78, 5) is 21.5. The van der Waals surface area contributed by atoms with Crippen molar-refractivity contribution < 1.29 is 23.8 Å². The second-order valence-electron chi connectivity index (χ2n) is 9.68. The van der Waals surface area contributed by atoms with Crippen LogP contribution in [0, 0.1) is 17.0 Å². The molecular weight excluding hydrogens is 456 g/mol. The first-order chi connectivity index (χ1) is 16.7. The van der Waals surface area contributed by atoms with Crippen LogP contribution in [0.5, 0.6) is 0 Å². The first-order valence-corrected chi connectivity index (χ1v) is 11.4. The third-order valence-corrected chi connectivity index (χ3v) is 7.61. The first-order valence-electron chi connectivity index (χ1n) is 11.4. The Labute approximate surface area is 200 Å². The van der Waals surface area contributed by atoms with Gasteiger partial charge in [0.15, 0.2) is 0 Å². The Morgan fingerprint density at radius 1 is 1.23 bits per heavy atom. The molecule has 10 heteroatoms. The summed E-state index contributed by atoms with van der Waals surface area (Å²) in [5, 5.41) is 29.7. The number of nitrogens with one attached hydrogen (secondary N) is 1. The summed E-state index contributed by atoms with van der Waals surface area (Å²) >= 11 is 0. The molecule has 1 saturated carbocycles. The quantitative estimate of drug-likeness (QED) is 0.495. The van der Waals surface area contributed by atoms with Gasteiger partial charge in [0.2, 0.25) is 0 Å². The molecule has 1 fully saturated rings. The summed E-state index contributed by atoms with van der Waals surface area (Å²) in [6, 6.07) is 5.41. The van der Waals surface area contributed by atoms with Crippen molar-refractivity contribution in [3.8, 4) is 11.3 Å². The maximum atomic E-state index is 14.4. The number of halogens is 2. The lowest BCUT2D eigenvalue weighted by Gasteiger charge is -2.37. The molecule has 0 saturated heterocycles. The van der Waals surface area contributed by atoms with E-state index in [1.807, 2.05) is 0 Å². The zero-order valence-corrected chi connectivity index (χ0v) is 19.3. The summed E-state index contributed by atoms with van der Waals surface area (Å²) in [6.45, 7) is 3.60. The van der Waals surface area contributed by atoms with Crippen molar-refractivity contribution in [2.45, 2.75) is 44.1 Å². The van der Waals surface area contributed by atoms with E-state index in [9.17, 15) is 18.7 Å². The van der Waals surface area contributed by atoms with Crippen molar-refractivity contribution in [2.75, 3.05) is 13.2 Å². The Kier molecular flexibility index (Phi) is 5.60. The van der Waals surface area contributed by atoms with E-state index in [2.05, 4.69) is 39.3 Å². The summed E-state index contributed by atoms with van der Waals surface area (Å²) in [5.74, 6) is -1.87. The van der Waals surface area contributed by atoms with Gasteiger partial charge in [0.25, 0.3) is 5.91 Å². The first kappa shape index (κ1) is 23.4. The lowest BCUT2D eigenvalue weighted by Crippen LogP contribution is -2.39. The fourth-order valence-corrected chi connectivity index (χ4v) is 5.80. The summed E-state index contributed by atoms with van der Waals surface area (Å²) in [6.07, 6.45) is 3.40. The smallest absolute Gasteiger partial charge is 0.271 e. The number of hydrogen-bond acceptors (Lipinski definition) is 7. The van der Waals surface area contributed by atoms with Crippen LogP contribution in [-0.2, 0) is 5.41 Å². The maximum absolute atomic E-state index is 14.4. The molecule has 0 spiro atoms. The van der Waals surface area contributed by atoms with Gasteiger partial charge in [0, 0.05) is 12.7 Å². The normalized spacial score (nSPS) is 22.6. The second-order valence-corrected chi connectivity index (χ2v) is 9.68. The molecule has 2 heterocycles. The van der Waals surface area contributed by atoms with Crippen LogP contribution < -0.4 is 5.32 Å². The monoisotopic (exact) mass is 481 g/mol. The predicted octanol–water partition coefficient (Wildman–Crippen LogP) is 2.50. The van der Waals surface area contributed by atoms with Gasteiger partial charge >= 0.3 is 0 Å². The fourth-order valence-electron chi connectivity index (χ4n) is 5.80. The Hall–Kier alpha value is -3.37. The summed E-state index contributed by atoms with van der Waals surface area (Å²) in [5.41, 5.74) is 1.08. The molecule has 3 aromatic rings. The van der Waals surface area contributed by atoms with Gasteiger partial charge in [-0.1, -0.05) is 19.9 Å².